The van der Waals surface area contributed by atoms with Gasteiger partial charge in [0.25, 0.3) is 0 Å². The number of hydrogen-bond acceptors (Lipinski definition) is 2. The fourth-order valence-corrected chi connectivity index (χ4v) is 7.70. The van der Waals surface area contributed by atoms with E-state index in [9.17, 15) is 0 Å². The number of hydrogen-bond donors (Lipinski definition) is 0. The third-order valence-corrected chi connectivity index (χ3v) is 10.2. The molecule has 10 rings (SSSR count). The number of benzene rings is 9. The van der Waals surface area contributed by atoms with E-state index in [1.165, 1.54) is 33.0 Å². The lowest BCUT2D eigenvalue weighted by Gasteiger charge is -2.27. The summed E-state index contributed by atoms with van der Waals surface area (Å²) in [6.45, 7) is 0. The molecule has 0 bridgehead atoms. The Morgan fingerprint density at radius 1 is 0.346 bits per heavy atom. The van der Waals surface area contributed by atoms with Crippen LogP contribution in [0.1, 0.15) is 0 Å². The summed E-state index contributed by atoms with van der Waals surface area (Å²) in [5, 5.41) is 6.85. The van der Waals surface area contributed by atoms with E-state index in [1.54, 1.807) is 0 Å². The van der Waals surface area contributed by atoms with E-state index in [4.69, 9.17) is 4.42 Å². The molecule has 2 heteroatoms. The average Bonchev–Trinajstić information content (AvgIpc) is 3.61. The minimum absolute atomic E-state index is 0.881. The number of nitrogens with zero attached hydrogens (tertiary/aromatic N) is 1. The average molecular weight is 664 g/mol. The van der Waals surface area contributed by atoms with Crippen molar-refractivity contribution in [3.63, 3.8) is 0 Å². The highest BCUT2D eigenvalue weighted by Gasteiger charge is 2.22. The molecule has 0 aliphatic heterocycles. The fraction of sp³-hybridized carbons (Fsp3) is 0. The van der Waals surface area contributed by atoms with E-state index in [0.717, 1.165) is 60.9 Å². The van der Waals surface area contributed by atoms with Gasteiger partial charge in [-0.25, -0.2) is 0 Å². The van der Waals surface area contributed by atoms with Gasteiger partial charge in [-0.2, -0.15) is 0 Å². The summed E-state index contributed by atoms with van der Waals surface area (Å²) >= 11 is 0. The second-order valence-electron chi connectivity index (χ2n) is 13.3. The van der Waals surface area contributed by atoms with Crippen molar-refractivity contribution in [2.45, 2.75) is 0 Å². The van der Waals surface area contributed by atoms with E-state index < -0.39 is 0 Å². The molecule has 52 heavy (non-hydrogen) atoms. The molecule has 0 saturated heterocycles. The van der Waals surface area contributed by atoms with Gasteiger partial charge in [0.15, 0.2) is 0 Å². The predicted molar refractivity (Wildman–Crippen MR) is 220 cm³/mol. The first-order valence-corrected chi connectivity index (χ1v) is 17.8. The molecule has 1 heterocycles. The lowest BCUT2D eigenvalue weighted by atomic mass is 9.95. The van der Waals surface area contributed by atoms with E-state index in [2.05, 4.69) is 205 Å². The summed E-state index contributed by atoms with van der Waals surface area (Å²) in [4.78, 5) is 2.40. The first-order valence-electron chi connectivity index (χ1n) is 17.8. The Labute approximate surface area is 302 Å². The van der Waals surface area contributed by atoms with Crippen molar-refractivity contribution in [3.8, 4) is 33.4 Å². The molecular weight excluding hydrogens is 631 g/mol. The van der Waals surface area contributed by atoms with Crippen molar-refractivity contribution in [1.29, 1.82) is 0 Å². The molecule has 0 radical (unpaired) electrons. The molecule has 0 amide bonds. The van der Waals surface area contributed by atoms with Gasteiger partial charge in [0, 0.05) is 32.9 Å². The molecular formula is C50H33NO. The van der Waals surface area contributed by atoms with Gasteiger partial charge in [0.2, 0.25) is 0 Å². The number of fused-ring (bicyclic) bond motifs is 6. The van der Waals surface area contributed by atoms with Crippen LogP contribution in [0.25, 0.3) is 76.9 Å². The van der Waals surface area contributed by atoms with Crippen LogP contribution in [0.15, 0.2) is 205 Å². The molecule has 0 atom stereocenters. The Kier molecular flexibility index (Phi) is 7.18. The highest BCUT2D eigenvalue weighted by atomic mass is 16.3. The van der Waals surface area contributed by atoms with Crippen LogP contribution in [0.4, 0.5) is 17.1 Å². The van der Waals surface area contributed by atoms with Gasteiger partial charge in [0.1, 0.15) is 11.2 Å². The molecule has 9 aromatic carbocycles. The SMILES string of the molecule is c1ccc(-c2ccc(-c3cccc4oc5c6ccccc6c(N(c6ccc(-c7ccccc7)cc6)c6ccc7ccccc7c6)cc5c34)cc2)cc1. The van der Waals surface area contributed by atoms with Crippen LogP contribution in [0.3, 0.4) is 0 Å². The third-order valence-electron chi connectivity index (χ3n) is 10.2. The Balaban J connectivity index is 1.21. The maximum absolute atomic E-state index is 6.77. The highest BCUT2D eigenvalue weighted by molar-refractivity contribution is 6.22. The summed E-state index contributed by atoms with van der Waals surface area (Å²) < 4.78 is 6.77. The van der Waals surface area contributed by atoms with Crippen LogP contribution in [-0.4, -0.2) is 0 Å². The molecule has 244 valence electrons. The Morgan fingerprint density at radius 2 is 0.904 bits per heavy atom. The second kappa shape index (κ2) is 12.5. The molecule has 0 spiro atoms. The molecule has 0 unspecified atom stereocenters. The zero-order chi connectivity index (χ0) is 34.4. The fourth-order valence-electron chi connectivity index (χ4n) is 7.70. The summed E-state index contributed by atoms with van der Waals surface area (Å²) in [7, 11) is 0. The van der Waals surface area contributed by atoms with Gasteiger partial charge in [-0.1, -0.05) is 164 Å². The predicted octanol–water partition coefficient (Wildman–Crippen LogP) is 14.4. The smallest absolute Gasteiger partial charge is 0.143 e. The first-order chi connectivity index (χ1) is 25.8. The van der Waals surface area contributed by atoms with Gasteiger partial charge in [-0.15, -0.1) is 0 Å². The van der Waals surface area contributed by atoms with Crippen molar-refractivity contribution >= 4 is 60.5 Å². The van der Waals surface area contributed by atoms with Gasteiger partial charge >= 0.3 is 0 Å². The van der Waals surface area contributed by atoms with Crippen LogP contribution in [0.2, 0.25) is 0 Å². The van der Waals surface area contributed by atoms with Crippen LogP contribution in [-0.2, 0) is 0 Å². The second-order valence-corrected chi connectivity index (χ2v) is 13.3. The van der Waals surface area contributed by atoms with E-state index in [0.29, 0.717) is 0 Å². The quantitative estimate of drug-likeness (QED) is 0.176. The van der Waals surface area contributed by atoms with Crippen LogP contribution in [0, 0.1) is 0 Å². The lowest BCUT2D eigenvalue weighted by Crippen LogP contribution is -2.10. The van der Waals surface area contributed by atoms with Crippen molar-refractivity contribution < 1.29 is 4.42 Å². The lowest BCUT2D eigenvalue weighted by molar-refractivity contribution is 0.673. The first kappa shape index (κ1) is 30.0. The van der Waals surface area contributed by atoms with Gasteiger partial charge in [-0.05, 0) is 80.6 Å². The standard InChI is InChI=1S/C50H33NO/c1-3-12-34(13-4-1)37-22-24-39(25-23-37)43-20-11-21-48-49(43)46-33-47(44-18-9-10-19-45(44)50(46)52-48)51(42-31-28-36-16-7-8-17-40(36)32-42)41-29-26-38(27-30-41)35-14-5-2-6-15-35/h1-33H. The zero-order valence-electron chi connectivity index (χ0n) is 28.4. The van der Waals surface area contributed by atoms with E-state index in [1.807, 2.05) is 0 Å². The van der Waals surface area contributed by atoms with Crippen LogP contribution < -0.4 is 4.90 Å². The molecule has 0 aliphatic rings. The summed E-state index contributed by atoms with van der Waals surface area (Å²) in [5.74, 6) is 0. The Hall–Kier alpha value is -6.90. The van der Waals surface area contributed by atoms with E-state index in [-0.39, 0.29) is 0 Å². The van der Waals surface area contributed by atoms with Crippen LogP contribution >= 0.6 is 0 Å². The minimum Gasteiger partial charge on any atom is -0.455 e. The largest absolute Gasteiger partial charge is 0.455 e. The Morgan fingerprint density at radius 3 is 1.62 bits per heavy atom. The molecule has 0 fully saturated rings. The van der Waals surface area contributed by atoms with Crippen LogP contribution in [0.5, 0.6) is 0 Å². The number of rotatable bonds is 6. The molecule has 2 nitrogen and oxygen atoms in total. The number of furan rings is 1. The van der Waals surface area contributed by atoms with Crippen molar-refractivity contribution in [1.82, 2.24) is 0 Å². The monoisotopic (exact) mass is 663 g/mol. The van der Waals surface area contributed by atoms with Gasteiger partial charge < -0.3 is 9.32 Å². The molecule has 0 N–H and O–H groups in total. The minimum atomic E-state index is 0.881. The summed E-state index contributed by atoms with van der Waals surface area (Å²) in [6.07, 6.45) is 0. The molecule has 1 aromatic heterocycles. The van der Waals surface area contributed by atoms with Gasteiger partial charge in [0.05, 0.1) is 5.69 Å². The normalized spacial score (nSPS) is 11.5. The molecule has 0 aliphatic carbocycles. The topological polar surface area (TPSA) is 16.4 Å². The van der Waals surface area contributed by atoms with Crippen molar-refractivity contribution in [2.24, 2.45) is 0 Å². The highest BCUT2D eigenvalue weighted by Crippen LogP contribution is 2.47. The van der Waals surface area contributed by atoms with Crippen molar-refractivity contribution in [2.75, 3.05) is 4.90 Å². The van der Waals surface area contributed by atoms with Crippen molar-refractivity contribution in [3.05, 3.63) is 200 Å². The number of anilines is 3. The zero-order valence-corrected chi connectivity index (χ0v) is 28.4. The van der Waals surface area contributed by atoms with Gasteiger partial charge in [-0.3, -0.25) is 0 Å². The van der Waals surface area contributed by atoms with E-state index >= 15 is 0 Å². The third kappa shape index (κ3) is 5.12. The summed E-state index contributed by atoms with van der Waals surface area (Å²) in [6, 6.07) is 71.6. The maximum atomic E-state index is 6.77. The molecule has 0 saturated carbocycles. The summed E-state index contributed by atoms with van der Waals surface area (Å²) in [5.41, 5.74) is 12.2. The molecule has 10 aromatic rings. The Bertz CT molecular complexity index is 2870. The maximum Gasteiger partial charge on any atom is 0.143 e.